The molecule has 0 aromatic heterocycles. The predicted molar refractivity (Wildman–Crippen MR) is 104 cm³/mol. The minimum Gasteiger partial charge on any atom is -0.482 e. The number of imide groups is 1. The van der Waals surface area contributed by atoms with Crippen LogP contribution in [-0.2, 0) is 14.3 Å². The third-order valence-electron chi connectivity index (χ3n) is 3.82. The van der Waals surface area contributed by atoms with Crippen molar-refractivity contribution in [2.75, 3.05) is 18.5 Å². The highest BCUT2D eigenvalue weighted by atomic mass is 19.1. The summed E-state index contributed by atoms with van der Waals surface area (Å²) in [6.45, 7) is -1.07. The summed E-state index contributed by atoms with van der Waals surface area (Å²) in [4.78, 5) is 35.1. The number of carbonyl (C=O) groups excluding carboxylic acids is 3. The third-order valence-corrected chi connectivity index (χ3v) is 3.82. The first-order valence-corrected chi connectivity index (χ1v) is 8.64. The summed E-state index contributed by atoms with van der Waals surface area (Å²) in [7, 11) is 0. The van der Waals surface area contributed by atoms with Crippen LogP contribution >= 0.6 is 0 Å². The van der Waals surface area contributed by atoms with E-state index in [1.54, 1.807) is 12.1 Å². The lowest BCUT2D eigenvalue weighted by Gasteiger charge is -2.09. The number of ether oxygens (including phenoxy) is 2. The maximum atomic E-state index is 13.4. The summed E-state index contributed by atoms with van der Waals surface area (Å²) in [5, 5.41) is 6.10. The molecule has 0 radical (unpaired) electrons. The van der Waals surface area contributed by atoms with Crippen molar-refractivity contribution in [3.63, 3.8) is 0 Å². The molecule has 148 valence electrons. The molecule has 0 aliphatic rings. The van der Waals surface area contributed by atoms with Crippen LogP contribution < -0.4 is 15.4 Å². The highest BCUT2D eigenvalue weighted by molar-refractivity contribution is 6.01. The van der Waals surface area contributed by atoms with Gasteiger partial charge in [0.25, 0.3) is 5.91 Å². The minimum atomic E-state index is -0.941. The van der Waals surface area contributed by atoms with Crippen molar-refractivity contribution in [1.29, 1.82) is 0 Å². The van der Waals surface area contributed by atoms with E-state index in [0.29, 0.717) is 5.75 Å². The molecule has 0 saturated carbocycles. The van der Waals surface area contributed by atoms with E-state index >= 15 is 0 Å². The topological polar surface area (TPSA) is 93.7 Å². The first kappa shape index (κ1) is 19.8. The predicted octanol–water partition coefficient (Wildman–Crippen LogP) is 3.25. The average Bonchev–Trinajstić information content (AvgIpc) is 2.72. The number of amides is 3. The minimum absolute atomic E-state index is 0.0846. The standard InChI is InChI=1S/C21H17FN2O5/c22-17-7-3-4-8-18(17)23-21(27)24-19(25)12-29-20(26)13-28-16-10-9-14-5-1-2-6-15(14)11-16/h1-11H,12-13H2,(H2,23,24,25,27). The van der Waals surface area contributed by atoms with E-state index in [-0.39, 0.29) is 5.69 Å². The number of anilines is 1. The Hall–Kier alpha value is -3.94. The lowest BCUT2D eigenvalue weighted by Crippen LogP contribution is -2.37. The zero-order valence-electron chi connectivity index (χ0n) is 15.2. The molecule has 8 heteroatoms. The van der Waals surface area contributed by atoms with E-state index in [1.807, 2.05) is 35.6 Å². The molecule has 0 fully saturated rings. The summed E-state index contributed by atoms with van der Waals surface area (Å²) in [5.74, 6) is -1.80. The second-order valence-electron chi connectivity index (χ2n) is 5.94. The fourth-order valence-electron chi connectivity index (χ4n) is 2.47. The lowest BCUT2D eigenvalue weighted by molar-refractivity contribution is -0.150. The molecule has 3 rings (SSSR count). The maximum Gasteiger partial charge on any atom is 0.344 e. The van der Waals surface area contributed by atoms with Gasteiger partial charge in [-0.15, -0.1) is 0 Å². The Morgan fingerprint density at radius 3 is 2.38 bits per heavy atom. The van der Waals surface area contributed by atoms with Gasteiger partial charge in [0.15, 0.2) is 13.2 Å². The lowest BCUT2D eigenvalue weighted by atomic mass is 10.1. The molecule has 3 amide bonds. The molecule has 3 aromatic rings. The molecule has 0 atom stereocenters. The van der Waals surface area contributed by atoms with Crippen LogP contribution in [0, 0.1) is 5.82 Å². The number of rotatable bonds is 6. The number of halogens is 1. The van der Waals surface area contributed by atoms with E-state index in [9.17, 15) is 18.8 Å². The molecule has 3 aromatic carbocycles. The Labute approximate surface area is 165 Å². The van der Waals surface area contributed by atoms with E-state index in [4.69, 9.17) is 9.47 Å². The van der Waals surface area contributed by atoms with E-state index in [2.05, 4.69) is 5.32 Å². The molecule has 7 nitrogen and oxygen atoms in total. The second kappa shape index (κ2) is 9.32. The average molecular weight is 396 g/mol. The summed E-state index contributed by atoms with van der Waals surface area (Å²) < 4.78 is 23.6. The van der Waals surface area contributed by atoms with Crippen LogP contribution in [0.25, 0.3) is 10.8 Å². The summed E-state index contributed by atoms with van der Waals surface area (Å²) >= 11 is 0. The highest BCUT2D eigenvalue weighted by Crippen LogP contribution is 2.20. The van der Waals surface area contributed by atoms with Crippen LogP contribution in [0.4, 0.5) is 14.9 Å². The fourth-order valence-corrected chi connectivity index (χ4v) is 2.47. The van der Waals surface area contributed by atoms with Gasteiger partial charge in [0.2, 0.25) is 0 Å². The third kappa shape index (κ3) is 5.77. The Kier molecular flexibility index (Phi) is 6.36. The number of fused-ring (bicyclic) bond motifs is 1. The maximum absolute atomic E-state index is 13.4. The monoisotopic (exact) mass is 396 g/mol. The molecule has 2 N–H and O–H groups in total. The van der Waals surface area contributed by atoms with Crippen LogP contribution in [0.15, 0.2) is 66.7 Å². The molecule has 0 spiro atoms. The van der Waals surface area contributed by atoms with Gasteiger partial charge in [-0.1, -0.05) is 42.5 Å². The molecule has 0 heterocycles. The van der Waals surface area contributed by atoms with Gasteiger partial charge in [0.1, 0.15) is 11.6 Å². The fraction of sp³-hybridized carbons (Fsp3) is 0.0952. The Balaban J connectivity index is 1.40. The molecule has 0 saturated heterocycles. The first-order valence-electron chi connectivity index (χ1n) is 8.64. The molecular weight excluding hydrogens is 379 g/mol. The molecule has 0 aliphatic carbocycles. The van der Waals surface area contributed by atoms with Crippen LogP contribution in [0.5, 0.6) is 5.75 Å². The summed E-state index contributed by atoms with van der Waals surface area (Å²) in [5.41, 5.74) is -0.0846. The van der Waals surface area contributed by atoms with Crippen LogP contribution in [0.2, 0.25) is 0 Å². The molecular formula is C21H17FN2O5. The van der Waals surface area contributed by atoms with Crippen LogP contribution in [-0.4, -0.2) is 31.1 Å². The number of carbonyl (C=O) groups is 3. The zero-order chi connectivity index (χ0) is 20.6. The number of hydrogen-bond donors (Lipinski definition) is 2. The van der Waals surface area contributed by atoms with Gasteiger partial charge in [-0.05, 0) is 35.0 Å². The highest BCUT2D eigenvalue weighted by Gasteiger charge is 2.13. The number of benzene rings is 3. The van der Waals surface area contributed by atoms with E-state index in [0.717, 1.165) is 16.8 Å². The number of para-hydroxylation sites is 1. The van der Waals surface area contributed by atoms with Gasteiger partial charge in [-0.2, -0.15) is 0 Å². The molecule has 0 aliphatic heterocycles. The van der Waals surface area contributed by atoms with Crippen molar-refractivity contribution in [1.82, 2.24) is 5.32 Å². The SMILES string of the molecule is O=C(COC(=O)COc1ccc2ccccc2c1)NC(=O)Nc1ccccc1F. The van der Waals surface area contributed by atoms with Crippen molar-refractivity contribution in [3.8, 4) is 5.75 Å². The molecule has 29 heavy (non-hydrogen) atoms. The van der Waals surface area contributed by atoms with Crippen molar-refractivity contribution < 1.29 is 28.2 Å². The summed E-state index contributed by atoms with van der Waals surface area (Å²) in [6.07, 6.45) is 0. The van der Waals surface area contributed by atoms with Crippen LogP contribution in [0.3, 0.4) is 0 Å². The number of esters is 1. The van der Waals surface area contributed by atoms with Gasteiger partial charge in [0.05, 0.1) is 5.69 Å². The van der Waals surface area contributed by atoms with Crippen molar-refractivity contribution in [2.24, 2.45) is 0 Å². The molecule has 0 bridgehead atoms. The first-order chi connectivity index (χ1) is 14.0. The largest absolute Gasteiger partial charge is 0.482 e. The Bertz CT molecular complexity index is 1050. The van der Waals surface area contributed by atoms with Crippen LogP contribution in [0.1, 0.15) is 0 Å². The number of urea groups is 1. The van der Waals surface area contributed by atoms with Gasteiger partial charge >= 0.3 is 12.0 Å². The van der Waals surface area contributed by atoms with Crippen molar-refractivity contribution in [2.45, 2.75) is 0 Å². The Morgan fingerprint density at radius 2 is 1.59 bits per heavy atom. The van der Waals surface area contributed by atoms with Gasteiger partial charge in [-0.25, -0.2) is 14.0 Å². The second-order valence-corrected chi connectivity index (χ2v) is 5.94. The van der Waals surface area contributed by atoms with Crippen molar-refractivity contribution in [3.05, 3.63) is 72.5 Å². The quantitative estimate of drug-likeness (QED) is 0.624. The normalized spacial score (nSPS) is 10.2. The van der Waals surface area contributed by atoms with Gasteiger partial charge in [0, 0.05) is 0 Å². The molecule has 0 unspecified atom stereocenters. The van der Waals surface area contributed by atoms with Gasteiger partial charge in [-0.3, -0.25) is 10.1 Å². The number of hydrogen-bond acceptors (Lipinski definition) is 5. The zero-order valence-corrected chi connectivity index (χ0v) is 15.2. The number of nitrogens with one attached hydrogen (secondary N) is 2. The van der Waals surface area contributed by atoms with Gasteiger partial charge < -0.3 is 14.8 Å². The van der Waals surface area contributed by atoms with Crippen molar-refractivity contribution >= 4 is 34.4 Å². The van der Waals surface area contributed by atoms with E-state index in [1.165, 1.54) is 18.2 Å². The smallest absolute Gasteiger partial charge is 0.344 e. The Morgan fingerprint density at radius 1 is 0.862 bits per heavy atom. The van der Waals surface area contributed by atoms with E-state index < -0.39 is 36.9 Å². The summed E-state index contributed by atoms with van der Waals surface area (Å²) in [6, 6.07) is 17.6.